The second-order valence-electron chi connectivity index (χ2n) is 6.21. The van der Waals surface area contributed by atoms with E-state index >= 15 is 0 Å². The van der Waals surface area contributed by atoms with Crippen LogP contribution in [0.1, 0.15) is 50.8 Å². The summed E-state index contributed by atoms with van der Waals surface area (Å²) in [6, 6.07) is 9.50. The first-order valence-corrected chi connectivity index (χ1v) is 8.10. The molecule has 0 saturated carbocycles. The van der Waals surface area contributed by atoms with Gasteiger partial charge in [0.2, 0.25) is 0 Å². The first-order valence-electron chi connectivity index (χ1n) is 6.95. The van der Waals surface area contributed by atoms with Gasteiger partial charge in [-0.15, -0.1) is 5.10 Å². The number of benzene rings is 1. The van der Waals surface area contributed by atoms with Crippen LogP contribution in [0.15, 0.2) is 35.5 Å². The largest absolute Gasteiger partial charge is 0.609 e. The van der Waals surface area contributed by atoms with Gasteiger partial charge in [-0.1, -0.05) is 30.3 Å². The second-order valence-corrected chi connectivity index (χ2v) is 8.34. The minimum atomic E-state index is -1.35. The molecule has 0 radical (unpaired) electrons. The molecule has 1 aliphatic heterocycles. The maximum atomic E-state index is 14.2. The fourth-order valence-corrected chi connectivity index (χ4v) is 3.35. The number of aromatic nitrogens is 3. The zero-order valence-corrected chi connectivity index (χ0v) is 13.1. The van der Waals surface area contributed by atoms with Gasteiger partial charge in [-0.3, -0.25) is 0 Å². The van der Waals surface area contributed by atoms with Crippen LogP contribution >= 0.6 is 0 Å². The van der Waals surface area contributed by atoms with E-state index in [1.54, 1.807) is 4.68 Å². The molecule has 0 aliphatic carbocycles. The van der Waals surface area contributed by atoms with E-state index in [-0.39, 0.29) is 17.0 Å². The van der Waals surface area contributed by atoms with Crippen molar-refractivity contribution in [2.24, 2.45) is 0 Å². The zero-order valence-electron chi connectivity index (χ0n) is 12.3. The number of alkyl halides is 1. The minimum Gasteiger partial charge on any atom is -0.609 e. The first kappa shape index (κ1) is 14.5. The zero-order chi connectivity index (χ0) is 15.2. The van der Waals surface area contributed by atoms with E-state index in [2.05, 4.69) is 10.1 Å². The summed E-state index contributed by atoms with van der Waals surface area (Å²) < 4.78 is 27.7. The smallest absolute Gasteiger partial charge is 0.362 e. The summed E-state index contributed by atoms with van der Waals surface area (Å²) in [7, 11) is 0. The molecule has 2 aromatic rings. The second kappa shape index (κ2) is 5.10. The summed E-state index contributed by atoms with van der Waals surface area (Å²) in [5.74, 6) is 0.288. The van der Waals surface area contributed by atoms with E-state index in [4.69, 9.17) is 0 Å². The fraction of sp³-hybridized carbons (Fsp3) is 0.467. The van der Waals surface area contributed by atoms with Crippen LogP contribution in [0.5, 0.6) is 0 Å². The molecule has 1 aliphatic rings. The Balaban J connectivity index is 1.99. The molecule has 0 saturated heterocycles. The van der Waals surface area contributed by atoms with E-state index in [0.29, 0.717) is 6.42 Å². The van der Waals surface area contributed by atoms with Gasteiger partial charge >= 0.3 is 5.16 Å². The van der Waals surface area contributed by atoms with Crippen LogP contribution in [-0.2, 0) is 11.2 Å². The fourth-order valence-electron chi connectivity index (χ4n) is 2.46. The molecule has 112 valence electrons. The van der Waals surface area contributed by atoms with E-state index in [0.717, 1.165) is 5.56 Å². The van der Waals surface area contributed by atoms with Gasteiger partial charge in [-0.25, -0.2) is 9.07 Å². The molecule has 3 rings (SSSR count). The Morgan fingerprint density at radius 1 is 1.29 bits per heavy atom. The molecule has 0 bridgehead atoms. The predicted molar refractivity (Wildman–Crippen MR) is 79.2 cm³/mol. The van der Waals surface area contributed by atoms with Gasteiger partial charge in [-0.2, -0.15) is 4.98 Å². The molecule has 0 spiro atoms. The van der Waals surface area contributed by atoms with Crippen molar-refractivity contribution in [2.45, 2.75) is 49.3 Å². The molecule has 1 aromatic carbocycles. The van der Waals surface area contributed by atoms with Gasteiger partial charge in [0.1, 0.15) is 4.75 Å². The molecule has 0 amide bonds. The van der Waals surface area contributed by atoms with Gasteiger partial charge in [0.25, 0.3) is 0 Å². The number of nitrogens with zero attached hydrogens (tertiary/aromatic N) is 3. The number of rotatable bonds is 2. The van der Waals surface area contributed by atoms with Crippen molar-refractivity contribution in [2.75, 3.05) is 0 Å². The topological polar surface area (TPSA) is 53.8 Å². The van der Waals surface area contributed by atoms with Crippen LogP contribution in [0.2, 0.25) is 0 Å². The lowest BCUT2D eigenvalue weighted by molar-refractivity contribution is 0.326. The third kappa shape index (κ3) is 2.58. The molecule has 0 N–H and O–H groups in total. The van der Waals surface area contributed by atoms with E-state index in [1.807, 2.05) is 51.1 Å². The molecular formula is C15H18FN3OS. The Morgan fingerprint density at radius 2 is 1.95 bits per heavy atom. The van der Waals surface area contributed by atoms with E-state index < -0.39 is 22.1 Å². The molecule has 6 heteroatoms. The van der Waals surface area contributed by atoms with Crippen molar-refractivity contribution in [1.82, 2.24) is 14.8 Å². The van der Waals surface area contributed by atoms with Crippen LogP contribution < -0.4 is 0 Å². The van der Waals surface area contributed by atoms with Gasteiger partial charge in [0, 0.05) is 17.6 Å². The molecule has 3 atom stereocenters. The van der Waals surface area contributed by atoms with Crippen LogP contribution in [-0.4, -0.2) is 24.1 Å². The highest BCUT2D eigenvalue weighted by molar-refractivity contribution is 7.92. The van der Waals surface area contributed by atoms with Crippen LogP contribution in [0.3, 0.4) is 0 Å². The Morgan fingerprint density at radius 3 is 2.57 bits per heavy atom. The molecule has 0 fully saturated rings. The molecule has 2 unspecified atom stereocenters. The predicted octanol–water partition coefficient (Wildman–Crippen LogP) is 3.19. The Hall–Kier alpha value is -1.40. The quantitative estimate of drug-likeness (QED) is 0.801. The van der Waals surface area contributed by atoms with Crippen molar-refractivity contribution in [3.05, 3.63) is 41.7 Å². The van der Waals surface area contributed by atoms with Gasteiger partial charge in [0.05, 0.1) is 6.04 Å². The SMILES string of the molecule is CC(C)(C)[S@@+]([O-])c1nc2n(n1)C(c1ccccc1)CC2F. The summed E-state index contributed by atoms with van der Waals surface area (Å²) in [5, 5.41) is 4.55. The molecular weight excluding hydrogens is 289 g/mol. The maximum absolute atomic E-state index is 14.2. The van der Waals surface area contributed by atoms with Crippen LogP contribution in [0, 0.1) is 0 Å². The summed E-state index contributed by atoms with van der Waals surface area (Å²) in [5.41, 5.74) is 0.997. The highest BCUT2D eigenvalue weighted by Gasteiger charge is 2.40. The van der Waals surface area contributed by atoms with Crippen molar-refractivity contribution in [1.29, 1.82) is 0 Å². The van der Waals surface area contributed by atoms with Gasteiger partial charge < -0.3 is 4.55 Å². The van der Waals surface area contributed by atoms with Crippen molar-refractivity contribution in [3.8, 4) is 0 Å². The van der Waals surface area contributed by atoms with Crippen LogP contribution in [0.25, 0.3) is 0 Å². The minimum absolute atomic E-state index is 0.172. The van der Waals surface area contributed by atoms with Gasteiger partial charge in [-0.05, 0) is 26.3 Å². The Labute approximate surface area is 126 Å². The molecule has 21 heavy (non-hydrogen) atoms. The van der Waals surface area contributed by atoms with Gasteiger partial charge in [0.15, 0.2) is 12.0 Å². The van der Waals surface area contributed by atoms with Crippen molar-refractivity contribution >= 4 is 11.2 Å². The van der Waals surface area contributed by atoms with Crippen molar-refractivity contribution in [3.63, 3.8) is 0 Å². The normalized spacial score (nSPS) is 23.1. The summed E-state index contributed by atoms with van der Waals surface area (Å²) in [6.45, 7) is 5.57. The standard InChI is InChI=1S/C15H18FN3OS/c1-15(2,3)21(20)14-17-13-11(16)9-12(19(13)18-14)10-7-5-4-6-8-10/h4-8,11-12H,9H2,1-3H3/t11?,12?,21-/m0/s1. The number of hydrogen-bond donors (Lipinski definition) is 0. The number of fused-ring (bicyclic) bond motifs is 1. The lowest BCUT2D eigenvalue weighted by atomic mass is 10.0. The third-order valence-electron chi connectivity index (χ3n) is 3.55. The third-order valence-corrected chi connectivity index (χ3v) is 5.17. The maximum Gasteiger partial charge on any atom is 0.362 e. The summed E-state index contributed by atoms with van der Waals surface area (Å²) in [4.78, 5) is 4.19. The molecule has 4 nitrogen and oxygen atoms in total. The average molecular weight is 307 g/mol. The highest BCUT2D eigenvalue weighted by Crippen LogP contribution is 2.40. The molecule has 1 aromatic heterocycles. The van der Waals surface area contributed by atoms with E-state index in [9.17, 15) is 8.94 Å². The number of halogens is 1. The van der Waals surface area contributed by atoms with Crippen molar-refractivity contribution < 1.29 is 8.94 Å². The first-order chi connectivity index (χ1) is 9.88. The lowest BCUT2D eigenvalue weighted by Crippen LogP contribution is -2.29. The Bertz CT molecular complexity index is 638. The highest BCUT2D eigenvalue weighted by atomic mass is 32.2. The van der Waals surface area contributed by atoms with Crippen LogP contribution in [0.4, 0.5) is 4.39 Å². The monoisotopic (exact) mass is 307 g/mol. The lowest BCUT2D eigenvalue weighted by Gasteiger charge is -2.20. The summed E-state index contributed by atoms with van der Waals surface area (Å²) in [6.07, 6.45) is -0.824. The summed E-state index contributed by atoms with van der Waals surface area (Å²) >= 11 is -1.35. The van der Waals surface area contributed by atoms with E-state index in [1.165, 1.54) is 0 Å². The Kier molecular flexibility index (Phi) is 3.53. The molecule has 2 heterocycles. The number of hydrogen-bond acceptors (Lipinski definition) is 3. The average Bonchev–Trinajstić information content (AvgIpc) is 2.99.